The molecule has 1 aliphatic rings. The van der Waals surface area contributed by atoms with E-state index in [1.807, 2.05) is 0 Å². The standard InChI is InChI=1S/C34H31F3N2O8S/c35-34(36,37)47-28-17-19-29(20-18-28)48(43,44)39-23-7-11-25(12-8-23)46-27-15-13-26(14-16-27)45-24-9-5-22(6-10-24)21-32(40)38-31-4-2-1-3-30(31)33(41)42/h1-6,9-10,13-20,23,25,39H,7-8,11-12,21H2,(H,38,40)(H,41,42). The molecule has 1 amide bonds. The SMILES string of the molecule is O=C(Cc1ccc(Oc2ccc(OC3CCC(NS(=O)(=O)c4ccc(OC(F)(F)F)cc4)CC3)cc2)cc1)Nc1ccccc1C(=O)O. The average molecular weight is 685 g/mol. The van der Waals surface area contributed by atoms with E-state index in [0.717, 1.165) is 24.3 Å². The Bertz CT molecular complexity index is 1820. The van der Waals surface area contributed by atoms with E-state index in [4.69, 9.17) is 9.47 Å². The summed E-state index contributed by atoms with van der Waals surface area (Å²) < 4.78 is 81.0. The lowest BCUT2D eigenvalue weighted by Crippen LogP contribution is -2.39. The second kappa shape index (κ2) is 14.8. The second-order valence-electron chi connectivity index (χ2n) is 11.0. The maximum absolute atomic E-state index is 12.7. The number of sulfonamides is 1. The van der Waals surface area contributed by atoms with Gasteiger partial charge in [0.05, 0.1) is 28.7 Å². The first-order valence-electron chi connectivity index (χ1n) is 14.9. The van der Waals surface area contributed by atoms with E-state index in [0.29, 0.717) is 48.5 Å². The third kappa shape index (κ3) is 9.72. The Kier molecular flexibility index (Phi) is 10.5. The molecule has 1 saturated carbocycles. The van der Waals surface area contributed by atoms with Gasteiger partial charge < -0.3 is 24.6 Å². The van der Waals surface area contributed by atoms with E-state index in [2.05, 4.69) is 14.8 Å². The number of benzene rings is 4. The van der Waals surface area contributed by atoms with Crippen molar-refractivity contribution in [2.45, 2.75) is 55.5 Å². The van der Waals surface area contributed by atoms with Crippen molar-refractivity contribution in [2.75, 3.05) is 5.32 Å². The van der Waals surface area contributed by atoms with Gasteiger partial charge in [-0.3, -0.25) is 4.79 Å². The van der Waals surface area contributed by atoms with Crippen molar-refractivity contribution < 1.29 is 50.5 Å². The Balaban J connectivity index is 1.06. The summed E-state index contributed by atoms with van der Waals surface area (Å²) >= 11 is 0. The number of hydrogen-bond acceptors (Lipinski definition) is 7. The summed E-state index contributed by atoms with van der Waals surface area (Å²) in [5.74, 6) is -0.246. The number of rotatable bonds is 12. The third-order valence-electron chi connectivity index (χ3n) is 7.45. The number of para-hydroxylation sites is 1. The summed E-state index contributed by atoms with van der Waals surface area (Å²) in [7, 11) is -3.93. The number of carbonyl (C=O) groups excluding carboxylic acids is 1. The van der Waals surface area contributed by atoms with Crippen molar-refractivity contribution >= 4 is 27.6 Å². The van der Waals surface area contributed by atoms with Gasteiger partial charge in [-0.2, -0.15) is 0 Å². The number of halogens is 3. The van der Waals surface area contributed by atoms with E-state index >= 15 is 0 Å². The fourth-order valence-corrected chi connectivity index (χ4v) is 6.46. The van der Waals surface area contributed by atoms with E-state index in [-0.39, 0.29) is 40.6 Å². The van der Waals surface area contributed by atoms with Gasteiger partial charge in [-0.1, -0.05) is 24.3 Å². The maximum Gasteiger partial charge on any atom is 0.573 e. The van der Waals surface area contributed by atoms with Gasteiger partial charge >= 0.3 is 12.3 Å². The second-order valence-corrected chi connectivity index (χ2v) is 12.7. The number of carboxylic acid groups (broad SMARTS) is 1. The molecule has 5 rings (SSSR count). The van der Waals surface area contributed by atoms with Gasteiger partial charge in [-0.05, 0) is 104 Å². The predicted octanol–water partition coefficient (Wildman–Crippen LogP) is 6.93. The minimum Gasteiger partial charge on any atom is -0.490 e. The first-order valence-corrected chi connectivity index (χ1v) is 16.4. The van der Waals surface area contributed by atoms with Crippen LogP contribution >= 0.6 is 0 Å². The Morgan fingerprint density at radius 3 is 1.94 bits per heavy atom. The molecule has 1 fully saturated rings. The van der Waals surface area contributed by atoms with E-state index < -0.39 is 28.1 Å². The first-order chi connectivity index (χ1) is 22.8. The van der Waals surface area contributed by atoms with Crippen LogP contribution in [0.4, 0.5) is 18.9 Å². The molecule has 4 aromatic rings. The highest BCUT2D eigenvalue weighted by molar-refractivity contribution is 7.89. The first kappa shape index (κ1) is 34.3. The lowest BCUT2D eigenvalue weighted by atomic mass is 9.94. The predicted molar refractivity (Wildman–Crippen MR) is 169 cm³/mol. The lowest BCUT2D eigenvalue weighted by Gasteiger charge is -2.29. The molecule has 0 saturated heterocycles. The highest BCUT2D eigenvalue weighted by atomic mass is 32.2. The van der Waals surface area contributed by atoms with Crippen LogP contribution in [0.5, 0.6) is 23.0 Å². The van der Waals surface area contributed by atoms with Gasteiger partial charge in [-0.25, -0.2) is 17.9 Å². The summed E-state index contributed by atoms with van der Waals surface area (Å²) in [4.78, 5) is 23.7. The van der Waals surface area contributed by atoms with E-state index in [1.165, 1.54) is 12.1 Å². The average Bonchev–Trinajstić information content (AvgIpc) is 3.03. The number of ether oxygens (including phenoxy) is 3. The van der Waals surface area contributed by atoms with Crippen LogP contribution in [0, 0.1) is 0 Å². The smallest absolute Gasteiger partial charge is 0.490 e. The Morgan fingerprint density at radius 2 is 1.33 bits per heavy atom. The minimum atomic E-state index is -4.87. The number of amides is 1. The van der Waals surface area contributed by atoms with Crippen molar-refractivity contribution in [1.82, 2.24) is 4.72 Å². The van der Waals surface area contributed by atoms with Crippen molar-refractivity contribution in [2.24, 2.45) is 0 Å². The summed E-state index contributed by atoms with van der Waals surface area (Å²) in [6.07, 6.45) is -2.71. The zero-order valence-corrected chi connectivity index (χ0v) is 26.1. The summed E-state index contributed by atoms with van der Waals surface area (Å²) in [5, 5.41) is 11.9. The van der Waals surface area contributed by atoms with Crippen LogP contribution in [-0.4, -0.2) is 43.9 Å². The molecule has 0 bridgehead atoms. The number of carbonyl (C=O) groups is 2. The van der Waals surface area contributed by atoms with Gasteiger partial charge in [0.1, 0.15) is 23.0 Å². The monoisotopic (exact) mass is 684 g/mol. The van der Waals surface area contributed by atoms with Gasteiger partial charge in [0.15, 0.2) is 0 Å². The van der Waals surface area contributed by atoms with E-state index in [9.17, 15) is 36.3 Å². The highest BCUT2D eigenvalue weighted by Gasteiger charge is 2.31. The van der Waals surface area contributed by atoms with Crippen molar-refractivity contribution in [3.63, 3.8) is 0 Å². The quantitative estimate of drug-likeness (QED) is 0.146. The summed E-state index contributed by atoms with van der Waals surface area (Å²) in [6, 6.07) is 23.9. The van der Waals surface area contributed by atoms with Crippen LogP contribution in [0.1, 0.15) is 41.6 Å². The topological polar surface area (TPSA) is 140 Å². The molecule has 0 atom stereocenters. The summed E-state index contributed by atoms with van der Waals surface area (Å²) in [5.41, 5.74) is 0.953. The Hall–Kier alpha value is -5.08. The van der Waals surface area contributed by atoms with Crippen molar-refractivity contribution in [3.05, 3.63) is 108 Å². The van der Waals surface area contributed by atoms with Crippen LogP contribution < -0.4 is 24.2 Å². The molecule has 1 aliphatic carbocycles. The molecular formula is C34H31F3N2O8S. The zero-order chi connectivity index (χ0) is 34.3. The number of alkyl halides is 3. The van der Waals surface area contributed by atoms with Gasteiger partial charge in [0, 0.05) is 6.04 Å². The molecule has 0 unspecified atom stereocenters. The molecule has 0 heterocycles. The molecular weight excluding hydrogens is 653 g/mol. The largest absolute Gasteiger partial charge is 0.573 e. The third-order valence-corrected chi connectivity index (χ3v) is 8.98. The van der Waals surface area contributed by atoms with Gasteiger partial charge in [0.2, 0.25) is 15.9 Å². The van der Waals surface area contributed by atoms with Gasteiger partial charge in [-0.15, -0.1) is 13.2 Å². The molecule has 3 N–H and O–H groups in total. The molecule has 0 aliphatic heterocycles. The zero-order valence-electron chi connectivity index (χ0n) is 25.3. The fraction of sp³-hybridized carbons (Fsp3) is 0.235. The fourth-order valence-electron chi connectivity index (χ4n) is 5.15. The minimum absolute atomic E-state index is 0.00921. The number of carboxylic acids is 1. The van der Waals surface area contributed by atoms with E-state index in [1.54, 1.807) is 60.7 Å². The highest BCUT2D eigenvalue weighted by Crippen LogP contribution is 2.29. The molecule has 0 aromatic heterocycles. The molecule has 0 spiro atoms. The number of nitrogens with one attached hydrogen (secondary N) is 2. The lowest BCUT2D eigenvalue weighted by molar-refractivity contribution is -0.274. The maximum atomic E-state index is 12.7. The molecule has 0 radical (unpaired) electrons. The Labute approximate surface area is 274 Å². The van der Waals surface area contributed by atoms with Crippen LogP contribution in [0.15, 0.2) is 102 Å². The van der Waals surface area contributed by atoms with Crippen LogP contribution in [0.25, 0.3) is 0 Å². The molecule has 252 valence electrons. The summed E-state index contributed by atoms with van der Waals surface area (Å²) in [6.45, 7) is 0. The number of aromatic carboxylic acids is 1. The molecule has 4 aromatic carbocycles. The van der Waals surface area contributed by atoms with Crippen LogP contribution in [0.2, 0.25) is 0 Å². The van der Waals surface area contributed by atoms with Crippen molar-refractivity contribution in [3.8, 4) is 23.0 Å². The van der Waals surface area contributed by atoms with Crippen molar-refractivity contribution in [1.29, 1.82) is 0 Å². The van der Waals surface area contributed by atoms with Crippen LogP contribution in [0.3, 0.4) is 0 Å². The van der Waals surface area contributed by atoms with Crippen LogP contribution in [-0.2, 0) is 21.2 Å². The number of anilines is 1. The molecule has 10 nitrogen and oxygen atoms in total. The molecule has 14 heteroatoms. The normalized spacial score (nSPS) is 16.5. The Morgan fingerprint density at radius 1 is 0.771 bits per heavy atom. The molecule has 48 heavy (non-hydrogen) atoms. The number of hydrogen-bond donors (Lipinski definition) is 3. The van der Waals surface area contributed by atoms with Gasteiger partial charge in [0.25, 0.3) is 0 Å².